The molecule has 0 unspecified atom stereocenters. The van der Waals surface area contributed by atoms with Crippen molar-refractivity contribution in [2.45, 2.75) is 45.7 Å². The van der Waals surface area contributed by atoms with Crippen LogP contribution in [-0.2, 0) is 9.59 Å². The van der Waals surface area contributed by atoms with Crippen LogP contribution in [0.2, 0.25) is 0 Å². The van der Waals surface area contributed by atoms with Crippen LogP contribution < -0.4 is 15.4 Å². The molecular weight excluding hydrogens is 356 g/mol. The van der Waals surface area contributed by atoms with Crippen LogP contribution in [0.15, 0.2) is 24.3 Å². The SMILES string of the molecule is COc1ccccc1NC(=O)[C@H](C)N1CCCN(CC(=O)NC(C)(C)C)CC1. The van der Waals surface area contributed by atoms with E-state index in [0.717, 1.165) is 32.6 Å². The van der Waals surface area contributed by atoms with Gasteiger partial charge in [-0.25, -0.2) is 0 Å². The summed E-state index contributed by atoms with van der Waals surface area (Å²) in [4.78, 5) is 29.2. The van der Waals surface area contributed by atoms with Gasteiger partial charge in [0, 0.05) is 25.2 Å². The lowest BCUT2D eigenvalue weighted by Crippen LogP contribution is -2.47. The highest BCUT2D eigenvalue weighted by Crippen LogP contribution is 2.23. The zero-order chi connectivity index (χ0) is 20.7. The highest BCUT2D eigenvalue weighted by molar-refractivity contribution is 5.95. The number of benzene rings is 1. The predicted molar refractivity (Wildman–Crippen MR) is 112 cm³/mol. The maximum Gasteiger partial charge on any atom is 0.241 e. The van der Waals surface area contributed by atoms with Gasteiger partial charge in [-0.1, -0.05) is 12.1 Å². The summed E-state index contributed by atoms with van der Waals surface area (Å²) in [5.74, 6) is 0.640. The molecule has 0 spiro atoms. The first-order chi connectivity index (χ1) is 13.2. The molecule has 1 fully saturated rings. The van der Waals surface area contributed by atoms with Gasteiger partial charge in [-0.15, -0.1) is 0 Å². The number of methoxy groups -OCH3 is 1. The van der Waals surface area contributed by atoms with Crippen molar-refractivity contribution in [3.8, 4) is 5.75 Å². The lowest BCUT2D eigenvalue weighted by molar-refractivity contribution is -0.124. The number of ether oxygens (including phenoxy) is 1. The molecule has 2 amide bonds. The zero-order valence-corrected chi connectivity index (χ0v) is 17.7. The van der Waals surface area contributed by atoms with Gasteiger partial charge in [0.2, 0.25) is 11.8 Å². The summed E-state index contributed by atoms with van der Waals surface area (Å²) in [5, 5.41) is 5.97. The Hall–Kier alpha value is -2.12. The van der Waals surface area contributed by atoms with Crippen molar-refractivity contribution in [3.63, 3.8) is 0 Å². The standard InChI is InChI=1S/C21H34N4O3/c1-16(20(27)22-17-9-6-7-10-18(17)28-5)25-12-8-11-24(13-14-25)15-19(26)23-21(2,3)4/h6-7,9-10,16H,8,11-15H2,1-5H3,(H,22,27)(H,23,26)/t16-/m0/s1. The van der Waals surface area contributed by atoms with Gasteiger partial charge in [-0.2, -0.15) is 0 Å². The maximum absolute atomic E-state index is 12.7. The van der Waals surface area contributed by atoms with E-state index in [0.29, 0.717) is 18.0 Å². The van der Waals surface area contributed by atoms with Crippen LogP contribution in [0.3, 0.4) is 0 Å². The molecule has 0 bridgehead atoms. The summed E-state index contributed by atoms with van der Waals surface area (Å²) in [5.41, 5.74) is 0.456. The highest BCUT2D eigenvalue weighted by Gasteiger charge is 2.25. The van der Waals surface area contributed by atoms with E-state index >= 15 is 0 Å². The molecule has 1 aliphatic heterocycles. The molecule has 7 nitrogen and oxygen atoms in total. The normalized spacial score (nSPS) is 17.5. The van der Waals surface area contributed by atoms with Crippen LogP contribution in [0.4, 0.5) is 5.69 Å². The van der Waals surface area contributed by atoms with Crippen LogP contribution in [0, 0.1) is 0 Å². The Balaban J connectivity index is 1.88. The van der Waals surface area contributed by atoms with Crippen molar-refractivity contribution < 1.29 is 14.3 Å². The summed E-state index contributed by atoms with van der Waals surface area (Å²) in [6, 6.07) is 7.15. The van der Waals surface area contributed by atoms with E-state index in [1.54, 1.807) is 7.11 Å². The lowest BCUT2D eigenvalue weighted by Gasteiger charge is -2.27. The van der Waals surface area contributed by atoms with E-state index in [-0.39, 0.29) is 23.4 Å². The topological polar surface area (TPSA) is 73.9 Å². The van der Waals surface area contributed by atoms with E-state index < -0.39 is 0 Å². The monoisotopic (exact) mass is 390 g/mol. The number of nitrogens with zero attached hydrogens (tertiary/aromatic N) is 2. The van der Waals surface area contributed by atoms with Gasteiger partial charge < -0.3 is 15.4 Å². The molecule has 2 rings (SSSR count). The Morgan fingerprint density at radius 2 is 1.86 bits per heavy atom. The van der Waals surface area contributed by atoms with E-state index in [2.05, 4.69) is 20.4 Å². The number of anilines is 1. The van der Waals surface area contributed by atoms with Gasteiger partial charge in [-0.3, -0.25) is 19.4 Å². The molecule has 156 valence electrons. The Kier molecular flexibility index (Phi) is 7.83. The summed E-state index contributed by atoms with van der Waals surface area (Å²) in [7, 11) is 1.59. The number of para-hydroxylation sites is 2. The second-order valence-corrected chi connectivity index (χ2v) is 8.33. The number of hydrogen-bond donors (Lipinski definition) is 2. The predicted octanol–water partition coefficient (Wildman–Crippen LogP) is 1.94. The van der Waals surface area contributed by atoms with E-state index in [1.165, 1.54) is 0 Å². The number of hydrogen-bond acceptors (Lipinski definition) is 5. The molecule has 1 aromatic carbocycles. The summed E-state index contributed by atoms with van der Waals surface area (Å²) in [6.07, 6.45) is 0.926. The van der Waals surface area contributed by atoms with Crippen molar-refractivity contribution in [2.24, 2.45) is 0 Å². The van der Waals surface area contributed by atoms with Gasteiger partial charge in [0.1, 0.15) is 5.75 Å². The first-order valence-corrected chi connectivity index (χ1v) is 9.91. The summed E-state index contributed by atoms with van der Waals surface area (Å²) < 4.78 is 5.30. The zero-order valence-electron chi connectivity index (χ0n) is 17.7. The van der Waals surface area contributed by atoms with Gasteiger partial charge >= 0.3 is 0 Å². The number of rotatable bonds is 6. The second-order valence-electron chi connectivity index (χ2n) is 8.33. The third-order valence-corrected chi connectivity index (χ3v) is 4.80. The Labute approximate surface area is 168 Å². The molecule has 0 radical (unpaired) electrons. The fraction of sp³-hybridized carbons (Fsp3) is 0.619. The molecular formula is C21H34N4O3. The average molecular weight is 391 g/mol. The molecule has 7 heteroatoms. The number of nitrogens with one attached hydrogen (secondary N) is 2. The molecule has 1 aromatic rings. The summed E-state index contributed by atoms with van der Waals surface area (Å²) in [6.45, 7) is 11.5. The Morgan fingerprint density at radius 1 is 1.14 bits per heavy atom. The first kappa shape index (κ1) is 22.2. The molecule has 2 N–H and O–H groups in total. The van der Waals surface area contributed by atoms with Crippen molar-refractivity contribution in [1.82, 2.24) is 15.1 Å². The lowest BCUT2D eigenvalue weighted by atomic mass is 10.1. The molecule has 28 heavy (non-hydrogen) atoms. The van der Waals surface area contributed by atoms with Crippen LogP contribution in [-0.4, -0.2) is 73.0 Å². The van der Waals surface area contributed by atoms with Crippen molar-refractivity contribution in [3.05, 3.63) is 24.3 Å². The first-order valence-electron chi connectivity index (χ1n) is 9.91. The van der Waals surface area contributed by atoms with Crippen LogP contribution in [0.5, 0.6) is 5.75 Å². The molecule has 0 aromatic heterocycles. The van der Waals surface area contributed by atoms with E-state index in [1.807, 2.05) is 52.0 Å². The Morgan fingerprint density at radius 3 is 2.54 bits per heavy atom. The van der Waals surface area contributed by atoms with Gasteiger partial charge in [0.25, 0.3) is 0 Å². The van der Waals surface area contributed by atoms with Gasteiger partial charge in [0.05, 0.1) is 25.4 Å². The molecule has 1 atom stereocenters. The molecule has 1 saturated heterocycles. The molecule has 0 saturated carbocycles. The van der Waals surface area contributed by atoms with Crippen LogP contribution in [0.25, 0.3) is 0 Å². The van der Waals surface area contributed by atoms with Crippen molar-refractivity contribution in [1.29, 1.82) is 0 Å². The number of amides is 2. The fourth-order valence-corrected chi connectivity index (χ4v) is 3.35. The Bertz CT molecular complexity index is 672. The smallest absolute Gasteiger partial charge is 0.241 e. The third-order valence-electron chi connectivity index (χ3n) is 4.80. The van der Waals surface area contributed by atoms with Crippen molar-refractivity contribution in [2.75, 3.05) is 45.2 Å². The summed E-state index contributed by atoms with van der Waals surface area (Å²) >= 11 is 0. The number of carbonyl (C=O) groups excluding carboxylic acids is 2. The quantitative estimate of drug-likeness (QED) is 0.777. The molecule has 1 aliphatic rings. The highest BCUT2D eigenvalue weighted by atomic mass is 16.5. The van der Waals surface area contributed by atoms with Gasteiger partial charge in [-0.05, 0) is 52.8 Å². The minimum absolute atomic E-state index is 0.0444. The second kappa shape index (κ2) is 9.89. The fourth-order valence-electron chi connectivity index (χ4n) is 3.35. The maximum atomic E-state index is 12.7. The van der Waals surface area contributed by atoms with Gasteiger partial charge in [0.15, 0.2) is 0 Å². The van der Waals surface area contributed by atoms with E-state index in [4.69, 9.17) is 4.74 Å². The largest absolute Gasteiger partial charge is 0.495 e. The molecule has 0 aliphatic carbocycles. The average Bonchev–Trinajstić information content (AvgIpc) is 2.85. The third kappa shape index (κ3) is 6.80. The van der Waals surface area contributed by atoms with Crippen LogP contribution in [0.1, 0.15) is 34.1 Å². The molecule has 1 heterocycles. The number of carbonyl (C=O) groups is 2. The van der Waals surface area contributed by atoms with Crippen molar-refractivity contribution >= 4 is 17.5 Å². The van der Waals surface area contributed by atoms with E-state index in [9.17, 15) is 9.59 Å². The van der Waals surface area contributed by atoms with Crippen LogP contribution >= 0.6 is 0 Å². The minimum atomic E-state index is -0.256. The minimum Gasteiger partial charge on any atom is -0.495 e.